The number of nitrogens with zero attached hydrogens (tertiary/aromatic N) is 1. The van der Waals surface area contributed by atoms with Crippen molar-refractivity contribution < 1.29 is 19.2 Å². The van der Waals surface area contributed by atoms with Crippen LogP contribution in [-0.4, -0.2) is 18.0 Å². The molecule has 0 bridgehead atoms. The molecule has 2 aromatic rings. The minimum absolute atomic E-state index is 0.119. The lowest BCUT2D eigenvalue weighted by molar-refractivity contribution is -0.384. The van der Waals surface area contributed by atoms with Crippen molar-refractivity contribution >= 4 is 11.7 Å². The van der Waals surface area contributed by atoms with Gasteiger partial charge in [0.1, 0.15) is 11.9 Å². The van der Waals surface area contributed by atoms with Gasteiger partial charge in [0.2, 0.25) is 0 Å². The van der Waals surface area contributed by atoms with Gasteiger partial charge in [-0.2, -0.15) is 0 Å². The van der Waals surface area contributed by atoms with Crippen molar-refractivity contribution in [1.29, 1.82) is 0 Å². The maximum absolute atomic E-state index is 12.2. The highest BCUT2D eigenvalue weighted by Gasteiger charge is 2.30. The van der Waals surface area contributed by atoms with Crippen molar-refractivity contribution in [2.45, 2.75) is 12.5 Å². The molecule has 1 aliphatic heterocycles. The number of carbonyl (C=O) groups is 1. The Kier molecular flexibility index (Phi) is 3.50. The van der Waals surface area contributed by atoms with Crippen LogP contribution in [0, 0.1) is 10.1 Å². The van der Waals surface area contributed by atoms with Crippen LogP contribution in [0.3, 0.4) is 0 Å². The Morgan fingerprint density at radius 2 is 2.05 bits per heavy atom. The summed E-state index contributed by atoms with van der Waals surface area (Å²) in [5, 5.41) is 10.8. The van der Waals surface area contributed by atoms with Crippen LogP contribution < -0.4 is 4.74 Å². The first-order valence-electron chi connectivity index (χ1n) is 6.71. The first kappa shape index (κ1) is 14.1. The second kappa shape index (κ2) is 5.48. The minimum Gasteiger partial charge on any atom is -0.496 e. The summed E-state index contributed by atoms with van der Waals surface area (Å²) in [7, 11) is 1.56. The number of cyclic esters (lactones) is 1. The van der Waals surface area contributed by atoms with E-state index in [9.17, 15) is 14.9 Å². The van der Waals surface area contributed by atoms with Crippen LogP contribution in [0.1, 0.15) is 27.6 Å². The molecule has 6 heteroatoms. The summed E-state index contributed by atoms with van der Waals surface area (Å²) in [6, 6.07) is 11.6. The number of esters is 1. The molecule has 1 unspecified atom stereocenters. The number of rotatable bonds is 3. The Balaban J connectivity index is 1.98. The normalized spacial score (nSPS) is 16.6. The molecule has 0 saturated carbocycles. The standard InChI is InChI=1S/C16H13NO5/c1-21-14-5-3-2-4-12(14)15-8-10-6-7-11(17(19)20)9-13(10)16(18)22-15/h2-7,9,15H,8H2,1H3. The molecule has 0 spiro atoms. The lowest BCUT2D eigenvalue weighted by Crippen LogP contribution is -2.22. The van der Waals surface area contributed by atoms with Gasteiger partial charge in [0.15, 0.2) is 0 Å². The SMILES string of the molecule is COc1ccccc1C1Cc2ccc([N+](=O)[O-])cc2C(=O)O1. The Bertz CT molecular complexity index is 756. The number of hydrogen-bond acceptors (Lipinski definition) is 5. The summed E-state index contributed by atoms with van der Waals surface area (Å²) in [6.07, 6.45) is -0.00277. The molecule has 0 aromatic heterocycles. The first-order chi connectivity index (χ1) is 10.6. The number of benzene rings is 2. The van der Waals surface area contributed by atoms with E-state index in [1.165, 1.54) is 12.1 Å². The molecular weight excluding hydrogens is 286 g/mol. The molecule has 22 heavy (non-hydrogen) atoms. The van der Waals surface area contributed by atoms with E-state index in [0.717, 1.165) is 11.1 Å². The van der Waals surface area contributed by atoms with E-state index in [1.807, 2.05) is 18.2 Å². The van der Waals surface area contributed by atoms with Crippen molar-refractivity contribution in [1.82, 2.24) is 0 Å². The van der Waals surface area contributed by atoms with Crippen molar-refractivity contribution in [2.75, 3.05) is 7.11 Å². The number of hydrogen-bond donors (Lipinski definition) is 0. The highest BCUT2D eigenvalue weighted by Crippen LogP contribution is 2.36. The summed E-state index contributed by atoms with van der Waals surface area (Å²) < 4.78 is 10.7. The summed E-state index contributed by atoms with van der Waals surface area (Å²) in [6.45, 7) is 0. The van der Waals surface area contributed by atoms with Crippen molar-refractivity contribution in [3.63, 3.8) is 0 Å². The van der Waals surface area contributed by atoms with Gasteiger partial charge < -0.3 is 9.47 Å². The number of non-ortho nitro benzene ring substituents is 1. The molecule has 112 valence electrons. The number of fused-ring (bicyclic) bond motifs is 1. The Morgan fingerprint density at radius 3 is 2.77 bits per heavy atom. The monoisotopic (exact) mass is 299 g/mol. The van der Waals surface area contributed by atoms with Crippen LogP contribution >= 0.6 is 0 Å². The van der Waals surface area contributed by atoms with Crippen molar-refractivity contribution in [3.05, 3.63) is 69.3 Å². The van der Waals surface area contributed by atoms with Gasteiger partial charge in [-0.15, -0.1) is 0 Å². The Morgan fingerprint density at radius 1 is 1.27 bits per heavy atom. The van der Waals surface area contributed by atoms with E-state index in [-0.39, 0.29) is 11.3 Å². The van der Waals surface area contributed by atoms with E-state index >= 15 is 0 Å². The van der Waals surface area contributed by atoms with Gasteiger partial charge in [-0.1, -0.05) is 24.3 Å². The maximum Gasteiger partial charge on any atom is 0.339 e. The fraction of sp³-hybridized carbons (Fsp3) is 0.188. The van der Waals surface area contributed by atoms with Crippen LogP contribution in [0.15, 0.2) is 42.5 Å². The van der Waals surface area contributed by atoms with E-state index in [4.69, 9.17) is 9.47 Å². The molecule has 0 amide bonds. The molecule has 2 aromatic carbocycles. The molecule has 0 N–H and O–H groups in total. The van der Waals surface area contributed by atoms with E-state index in [1.54, 1.807) is 19.2 Å². The molecule has 1 aliphatic rings. The Hall–Kier alpha value is -2.89. The molecule has 1 atom stereocenters. The zero-order chi connectivity index (χ0) is 15.7. The summed E-state index contributed by atoms with van der Waals surface area (Å²) in [5.41, 5.74) is 1.65. The lowest BCUT2D eigenvalue weighted by atomic mass is 9.94. The fourth-order valence-corrected chi connectivity index (χ4v) is 2.59. The summed E-state index contributed by atoms with van der Waals surface area (Å²) in [5.74, 6) is 0.0894. The number of ether oxygens (including phenoxy) is 2. The largest absolute Gasteiger partial charge is 0.496 e. The number of nitro benzene ring substituents is 1. The van der Waals surface area contributed by atoms with E-state index in [0.29, 0.717) is 12.2 Å². The Labute approximate surface area is 126 Å². The van der Waals surface area contributed by atoms with Crippen molar-refractivity contribution in [3.8, 4) is 5.75 Å². The van der Waals surface area contributed by atoms with Crippen LogP contribution in [0.5, 0.6) is 5.75 Å². The van der Waals surface area contributed by atoms with Gasteiger partial charge >= 0.3 is 5.97 Å². The van der Waals surface area contributed by atoms with Crippen LogP contribution in [0.4, 0.5) is 5.69 Å². The van der Waals surface area contributed by atoms with E-state index in [2.05, 4.69) is 0 Å². The number of methoxy groups -OCH3 is 1. The second-order valence-corrected chi connectivity index (χ2v) is 4.94. The second-order valence-electron chi connectivity index (χ2n) is 4.94. The van der Waals surface area contributed by atoms with Gasteiger partial charge in [0.25, 0.3) is 5.69 Å². The number of carbonyl (C=O) groups excluding carboxylic acids is 1. The maximum atomic E-state index is 12.2. The molecular formula is C16H13NO5. The van der Waals surface area contributed by atoms with Gasteiger partial charge in [-0.3, -0.25) is 10.1 Å². The molecule has 1 heterocycles. The molecule has 3 rings (SSSR count). The number of nitro groups is 1. The summed E-state index contributed by atoms with van der Waals surface area (Å²) in [4.78, 5) is 22.4. The van der Waals surface area contributed by atoms with Gasteiger partial charge in [-0.05, 0) is 11.6 Å². The third kappa shape index (κ3) is 2.39. The van der Waals surface area contributed by atoms with Crippen LogP contribution in [0.25, 0.3) is 0 Å². The van der Waals surface area contributed by atoms with Gasteiger partial charge in [-0.25, -0.2) is 4.79 Å². The fourth-order valence-electron chi connectivity index (χ4n) is 2.59. The van der Waals surface area contributed by atoms with Crippen molar-refractivity contribution in [2.24, 2.45) is 0 Å². The summed E-state index contributed by atoms with van der Waals surface area (Å²) >= 11 is 0. The van der Waals surface area contributed by atoms with Gasteiger partial charge in [0.05, 0.1) is 17.6 Å². The third-order valence-corrected chi connectivity index (χ3v) is 3.66. The zero-order valence-electron chi connectivity index (χ0n) is 11.8. The first-order valence-corrected chi connectivity index (χ1v) is 6.71. The highest BCUT2D eigenvalue weighted by molar-refractivity contribution is 5.93. The molecule has 0 saturated heterocycles. The van der Waals surface area contributed by atoms with Crippen LogP contribution in [0.2, 0.25) is 0 Å². The number of para-hydroxylation sites is 1. The highest BCUT2D eigenvalue weighted by atomic mass is 16.6. The lowest BCUT2D eigenvalue weighted by Gasteiger charge is -2.25. The predicted molar refractivity (Wildman–Crippen MR) is 78.0 cm³/mol. The molecule has 0 aliphatic carbocycles. The molecule has 0 fully saturated rings. The average molecular weight is 299 g/mol. The predicted octanol–water partition coefficient (Wildman–Crippen LogP) is 3.06. The van der Waals surface area contributed by atoms with E-state index < -0.39 is 17.0 Å². The smallest absolute Gasteiger partial charge is 0.339 e. The molecule has 6 nitrogen and oxygen atoms in total. The quantitative estimate of drug-likeness (QED) is 0.494. The van der Waals surface area contributed by atoms with Gasteiger partial charge in [0, 0.05) is 24.1 Å². The average Bonchev–Trinajstić information content (AvgIpc) is 2.54. The minimum atomic E-state index is -0.555. The molecule has 0 radical (unpaired) electrons. The topological polar surface area (TPSA) is 78.7 Å². The van der Waals surface area contributed by atoms with Crippen LogP contribution in [-0.2, 0) is 11.2 Å². The zero-order valence-corrected chi connectivity index (χ0v) is 11.8. The third-order valence-electron chi connectivity index (χ3n) is 3.66.